The van der Waals surface area contributed by atoms with Crippen molar-refractivity contribution in [1.82, 2.24) is 4.57 Å². The van der Waals surface area contributed by atoms with Crippen LogP contribution in [0.1, 0.15) is 0 Å². The number of aromatic nitrogens is 1. The summed E-state index contributed by atoms with van der Waals surface area (Å²) in [4.78, 5) is 0. The minimum absolute atomic E-state index is 1.09. The van der Waals surface area contributed by atoms with Gasteiger partial charge >= 0.3 is 0 Å². The van der Waals surface area contributed by atoms with E-state index in [9.17, 15) is 0 Å². The molecule has 0 aliphatic rings. The maximum absolute atomic E-state index is 3.62. The molecule has 0 unspecified atom stereocenters. The second-order valence-electron chi connectivity index (χ2n) is 8.37. The number of benzene rings is 5. The van der Waals surface area contributed by atoms with Gasteiger partial charge in [-0.15, -0.1) is 11.3 Å². The van der Waals surface area contributed by atoms with Crippen LogP contribution in [0.15, 0.2) is 114 Å². The van der Waals surface area contributed by atoms with Crippen LogP contribution < -0.4 is 0 Å². The van der Waals surface area contributed by atoms with Crippen molar-refractivity contribution >= 4 is 69.2 Å². The molecule has 156 valence electrons. The minimum Gasteiger partial charge on any atom is -0.309 e. The number of nitrogens with zero attached hydrogens (tertiary/aromatic N) is 1. The van der Waals surface area contributed by atoms with E-state index in [1.54, 1.807) is 0 Å². The molecule has 0 spiro atoms. The fourth-order valence-corrected chi connectivity index (χ4v) is 6.44. The zero-order valence-corrected chi connectivity index (χ0v) is 20.0. The van der Waals surface area contributed by atoms with Crippen LogP contribution in [0.4, 0.5) is 0 Å². The van der Waals surface area contributed by atoms with Gasteiger partial charge < -0.3 is 4.57 Å². The molecule has 5 aromatic carbocycles. The summed E-state index contributed by atoms with van der Waals surface area (Å²) in [5.74, 6) is 0. The fourth-order valence-electron chi connectivity index (χ4n) is 4.95. The summed E-state index contributed by atoms with van der Waals surface area (Å²) in [5, 5.41) is 5.21. The standard InChI is InChI=1S/C30H18BrNS/c31-21-7-5-6-19(16-21)20-12-14-24-23-8-1-3-10-27(23)32(28(24)17-20)22-13-15-30-26(18-22)25-9-2-4-11-29(25)33-30/h1-18H. The predicted octanol–water partition coefficient (Wildman–Crippen LogP) is 9.58. The molecule has 0 atom stereocenters. The second-order valence-corrected chi connectivity index (χ2v) is 10.4. The number of para-hydroxylation sites is 1. The monoisotopic (exact) mass is 503 g/mol. The number of halogens is 1. The Bertz CT molecular complexity index is 1840. The van der Waals surface area contributed by atoms with E-state index in [0.717, 1.165) is 4.47 Å². The van der Waals surface area contributed by atoms with Gasteiger partial charge in [0, 0.05) is 41.1 Å². The third-order valence-electron chi connectivity index (χ3n) is 6.45. The number of hydrogen-bond donors (Lipinski definition) is 0. The van der Waals surface area contributed by atoms with E-state index in [4.69, 9.17) is 0 Å². The van der Waals surface area contributed by atoms with Gasteiger partial charge in [-0.1, -0.05) is 76.6 Å². The Morgan fingerprint density at radius 2 is 1.27 bits per heavy atom. The van der Waals surface area contributed by atoms with Crippen molar-refractivity contribution < 1.29 is 0 Å². The van der Waals surface area contributed by atoms with Crippen LogP contribution in [0.2, 0.25) is 0 Å². The Morgan fingerprint density at radius 1 is 0.515 bits per heavy atom. The third kappa shape index (κ3) is 2.97. The molecule has 0 N–H and O–H groups in total. The largest absolute Gasteiger partial charge is 0.309 e. The molecule has 7 aromatic rings. The Labute approximate surface area is 203 Å². The van der Waals surface area contributed by atoms with Crippen molar-refractivity contribution in [2.75, 3.05) is 0 Å². The van der Waals surface area contributed by atoms with Gasteiger partial charge in [0.05, 0.1) is 11.0 Å². The van der Waals surface area contributed by atoms with Gasteiger partial charge in [-0.2, -0.15) is 0 Å². The van der Waals surface area contributed by atoms with Crippen molar-refractivity contribution in [1.29, 1.82) is 0 Å². The first kappa shape index (κ1) is 19.1. The molecular weight excluding hydrogens is 486 g/mol. The van der Waals surface area contributed by atoms with Crippen molar-refractivity contribution in [3.05, 3.63) is 114 Å². The lowest BCUT2D eigenvalue weighted by atomic mass is 10.0. The second kappa shape index (κ2) is 7.31. The highest BCUT2D eigenvalue weighted by atomic mass is 79.9. The highest BCUT2D eigenvalue weighted by Gasteiger charge is 2.14. The molecule has 2 aromatic heterocycles. The number of rotatable bonds is 2. The molecule has 3 heteroatoms. The molecule has 0 aliphatic carbocycles. The lowest BCUT2D eigenvalue weighted by molar-refractivity contribution is 1.19. The average molecular weight is 504 g/mol. The summed E-state index contributed by atoms with van der Waals surface area (Å²) < 4.78 is 6.17. The lowest BCUT2D eigenvalue weighted by Crippen LogP contribution is -1.93. The molecule has 7 rings (SSSR count). The normalized spacial score (nSPS) is 11.8. The molecule has 0 fully saturated rings. The Kier molecular flexibility index (Phi) is 4.23. The average Bonchev–Trinajstić information content (AvgIpc) is 3.39. The quantitative estimate of drug-likeness (QED) is 0.221. The van der Waals surface area contributed by atoms with E-state index in [1.807, 2.05) is 11.3 Å². The first-order valence-corrected chi connectivity index (χ1v) is 12.6. The first-order chi connectivity index (χ1) is 16.3. The molecule has 33 heavy (non-hydrogen) atoms. The maximum atomic E-state index is 3.62. The van der Waals surface area contributed by atoms with E-state index in [1.165, 1.54) is 58.8 Å². The fraction of sp³-hybridized carbons (Fsp3) is 0. The molecule has 0 radical (unpaired) electrons. The lowest BCUT2D eigenvalue weighted by Gasteiger charge is -2.10. The van der Waals surface area contributed by atoms with Gasteiger partial charge in [-0.25, -0.2) is 0 Å². The first-order valence-electron chi connectivity index (χ1n) is 11.0. The van der Waals surface area contributed by atoms with E-state index in [2.05, 4.69) is 130 Å². The van der Waals surface area contributed by atoms with E-state index >= 15 is 0 Å². The Balaban J connectivity index is 1.55. The van der Waals surface area contributed by atoms with Crippen molar-refractivity contribution in [2.24, 2.45) is 0 Å². The van der Waals surface area contributed by atoms with Crippen molar-refractivity contribution in [3.63, 3.8) is 0 Å². The molecular formula is C30H18BrNS. The van der Waals surface area contributed by atoms with Crippen LogP contribution in [0, 0.1) is 0 Å². The molecule has 1 nitrogen and oxygen atoms in total. The highest BCUT2D eigenvalue weighted by molar-refractivity contribution is 9.10. The molecule has 0 saturated heterocycles. The number of fused-ring (bicyclic) bond motifs is 6. The van der Waals surface area contributed by atoms with Crippen LogP contribution in [0.5, 0.6) is 0 Å². The topological polar surface area (TPSA) is 4.93 Å². The summed E-state index contributed by atoms with van der Waals surface area (Å²) in [5.41, 5.74) is 6.09. The van der Waals surface area contributed by atoms with Crippen LogP contribution in [0.3, 0.4) is 0 Å². The number of hydrogen-bond acceptors (Lipinski definition) is 1. The van der Waals surface area contributed by atoms with Crippen LogP contribution in [0.25, 0.3) is 58.8 Å². The molecule has 0 aliphatic heterocycles. The molecule has 0 saturated carbocycles. The Hall–Kier alpha value is -3.40. The summed E-state index contributed by atoms with van der Waals surface area (Å²) in [6.45, 7) is 0. The summed E-state index contributed by atoms with van der Waals surface area (Å²) in [6.07, 6.45) is 0. The minimum atomic E-state index is 1.09. The summed E-state index contributed by atoms with van der Waals surface area (Å²) in [7, 11) is 0. The zero-order valence-electron chi connectivity index (χ0n) is 17.6. The van der Waals surface area contributed by atoms with E-state index in [0.29, 0.717) is 0 Å². The smallest absolute Gasteiger partial charge is 0.0547 e. The maximum Gasteiger partial charge on any atom is 0.0547 e. The summed E-state index contributed by atoms with van der Waals surface area (Å²) in [6, 6.07) is 39.6. The number of thiophene rings is 1. The SMILES string of the molecule is Brc1cccc(-c2ccc3c4ccccc4n(-c4ccc5sc6ccccc6c5c4)c3c2)c1. The van der Waals surface area contributed by atoms with Gasteiger partial charge in [-0.3, -0.25) is 0 Å². The van der Waals surface area contributed by atoms with Crippen molar-refractivity contribution in [3.8, 4) is 16.8 Å². The summed E-state index contributed by atoms with van der Waals surface area (Å²) >= 11 is 5.49. The van der Waals surface area contributed by atoms with Gasteiger partial charge in [0.25, 0.3) is 0 Å². The highest BCUT2D eigenvalue weighted by Crippen LogP contribution is 2.38. The van der Waals surface area contributed by atoms with Gasteiger partial charge in [0.1, 0.15) is 0 Å². The Morgan fingerprint density at radius 3 is 2.18 bits per heavy atom. The van der Waals surface area contributed by atoms with E-state index < -0.39 is 0 Å². The van der Waals surface area contributed by atoms with Crippen molar-refractivity contribution in [2.45, 2.75) is 0 Å². The molecule has 0 amide bonds. The van der Waals surface area contributed by atoms with Gasteiger partial charge in [0.2, 0.25) is 0 Å². The zero-order chi connectivity index (χ0) is 21.9. The van der Waals surface area contributed by atoms with E-state index in [-0.39, 0.29) is 0 Å². The van der Waals surface area contributed by atoms with Gasteiger partial charge in [-0.05, 0) is 59.7 Å². The predicted molar refractivity (Wildman–Crippen MR) is 147 cm³/mol. The molecule has 2 heterocycles. The van der Waals surface area contributed by atoms with Crippen LogP contribution in [-0.2, 0) is 0 Å². The third-order valence-corrected chi connectivity index (χ3v) is 8.10. The van der Waals surface area contributed by atoms with Gasteiger partial charge in [0.15, 0.2) is 0 Å². The molecule has 0 bridgehead atoms. The van der Waals surface area contributed by atoms with Crippen LogP contribution >= 0.6 is 27.3 Å². The van der Waals surface area contributed by atoms with Crippen LogP contribution in [-0.4, -0.2) is 4.57 Å².